The largest absolute Gasteiger partial charge is 0.337 e. The summed E-state index contributed by atoms with van der Waals surface area (Å²) in [5.74, 6) is -0.121. The Morgan fingerprint density at radius 3 is 2.76 bits per heavy atom. The smallest absolute Gasteiger partial charge is 0.263 e. The van der Waals surface area contributed by atoms with E-state index in [0.29, 0.717) is 24.5 Å². The minimum Gasteiger partial charge on any atom is -0.337 e. The summed E-state index contributed by atoms with van der Waals surface area (Å²) in [6.45, 7) is 3.89. The van der Waals surface area contributed by atoms with E-state index in [1.807, 2.05) is 0 Å². The number of thiophene rings is 1. The lowest BCUT2D eigenvalue weighted by atomic mass is 9.90. The van der Waals surface area contributed by atoms with Gasteiger partial charge in [-0.25, -0.2) is 13.1 Å². The summed E-state index contributed by atoms with van der Waals surface area (Å²) in [5.41, 5.74) is 5.69. The Morgan fingerprint density at radius 1 is 1.57 bits per heavy atom. The van der Waals surface area contributed by atoms with E-state index in [4.69, 9.17) is 5.73 Å². The lowest BCUT2D eigenvalue weighted by Gasteiger charge is -2.22. The van der Waals surface area contributed by atoms with Crippen LogP contribution in [0.1, 0.15) is 23.0 Å². The van der Waals surface area contributed by atoms with Crippen LogP contribution in [-0.2, 0) is 10.0 Å². The third kappa shape index (κ3) is 3.75. The van der Waals surface area contributed by atoms with Crippen LogP contribution >= 0.6 is 23.7 Å². The summed E-state index contributed by atoms with van der Waals surface area (Å²) in [6, 6.07) is 1.43. The van der Waals surface area contributed by atoms with Crippen LogP contribution in [0.5, 0.6) is 0 Å². The minimum absolute atomic E-state index is 0. The van der Waals surface area contributed by atoms with E-state index in [-0.39, 0.29) is 28.6 Å². The van der Waals surface area contributed by atoms with Crippen LogP contribution in [0.15, 0.2) is 16.3 Å². The summed E-state index contributed by atoms with van der Waals surface area (Å²) < 4.78 is 25.6. The predicted molar refractivity (Wildman–Crippen MR) is 85.5 cm³/mol. The van der Waals surface area contributed by atoms with E-state index < -0.39 is 10.0 Å². The van der Waals surface area contributed by atoms with E-state index >= 15 is 0 Å². The highest BCUT2D eigenvalue weighted by atomic mass is 35.5. The van der Waals surface area contributed by atoms with Crippen molar-refractivity contribution < 1.29 is 13.2 Å². The highest BCUT2D eigenvalue weighted by Crippen LogP contribution is 2.30. The number of nitrogens with zero attached hydrogens (tertiary/aromatic N) is 1. The molecule has 0 aliphatic carbocycles. The molecule has 0 aromatic carbocycles. The second kappa shape index (κ2) is 6.62. The number of sulfonamides is 1. The van der Waals surface area contributed by atoms with E-state index in [9.17, 15) is 13.2 Å². The highest BCUT2D eigenvalue weighted by Gasteiger charge is 2.35. The normalized spacial score (nSPS) is 22.1. The maximum Gasteiger partial charge on any atom is 0.263 e. The first-order valence-corrected chi connectivity index (χ1v) is 8.69. The summed E-state index contributed by atoms with van der Waals surface area (Å²) in [4.78, 5) is 14.7. The monoisotopic (exact) mass is 353 g/mol. The van der Waals surface area contributed by atoms with E-state index in [1.54, 1.807) is 4.90 Å². The van der Waals surface area contributed by atoms with E-state index in [1.165, 1.54) is 18.5 Å². The molecule has 0 bridgehead atoms. The molecule has 1 aromatic heterocycles. The topological polar surface area (TPSA) is 92.5 Å². The van der Waals surface area contributed by atoms with Crippen molar-refractivity contribution in [2.45, 2.75) is 18.2 Å². The zero-order valence-corrected chi connectivity index (χ0v) is 14.4. The maximum atomic E-state index is 12.4. The fourth-order valence-electron chi connectivity index (χ4n) is 2.21. The Morgan fingerprint density at radius 2 is 2.24 bits per heavy atom. The van der Waals surface area contributed by atoms with Gasteiger partial charge >= 0.3 is 0 Å². The summed E-state index contributed by atoms with van der Waals surface area (Å²) in [7, 11) is -2.14. The first-order valence-electron chi connectivity index (χ1n) is 6.33. The Bertz CT molecular complexity index is 617. The van der Waals surface area contributed by atoms with Crippen molar-refractivity contribution in [3.8, 4) is 0 Å². The summed E-state index contributed by atoms with van der Waals surface area (Å²) in [5, 5.41) is 1.48. The second-order valence-electron chi connectivity index (χ2n) is 5.35. The number of rotatable bonds is 4. The number of carbonyl (C=O) groups is 1. The summed E-state index contributed by atoms with van der Waals surface area (Å²) in [6.07, 6.45) is 0.877. The van der Waals surface area contributed by atoms with Crippen molar-refractivity contribution >= 4 is 39.7 Å². The molecular formula is C12H20ClN3O3S2. The van der Waals surface area contributed by atoms with Gasteiger partial charge in [-0.1, -0.05) is 6.92 Å². The van der Waals surface area contributed by atoms with E-state index in [0.717, 1.165) is 17.8 Å². The molecule has 1 aromatic rings. The standard InChI is InChI=1S/C12H19N3O3S2.ClH/c1-12(7-13)3-4-15(8-12)11(16)10-5-9(6-19-10)20(17,18)14-2;/h5-6,14H,3-4,7-8,13H2,1-2H3;1H. The number of halogens is 1. The molecule has 1 aliphatic heterocycles. The average Bonchev–Trinajstić information content (AvgIpc) is 3.06. The van der Waals surface area contributed by atoms with Gasteiger partial charge in [-0.15, -0.1) is 23.7 Å². The highest BCUT2D eigenvalue weighted by molar-refractivity contribution is 7.89. The van der Waals surface area contributed by atoms with Crippen molar-refractivity contribution in [2.75, 3.05) is 26.7 Å². The van der Waals surface area contributed by atoms with Crippen LogP contribution in [0.2, 0.25) is 0 Å². The number of nitrogens with one attached hydrogen (secondary N) is 1. The Kier molecular flexibility index (Phi) is 5.79. The first kappa shape index (κ1) is 18.4. The van der Waals surface area contributed by atoms with Gasteiger partial charge in [-0.2, -0.15) is 0 Å². The van der Waals surface area contributed by atoms with Gasteiger partial charge in [0.2, 0.25) is 10.0 Å². The Balaban J connectivity index is 0.00000220. The number of likely N-dealkylation sites (tertiary alicyclic amines) is 1. The van der Waals surface area contributed by atoms with Crippen LogP contribution in [0.25, 0.3) is 0 Å². The van der Waals surface area contributed by atoms with Gasteiger partial charge in [0.15, 0.2) is 0 Å². The van der Waals surface area contributed by atoms with Crippen molar-refractivity contribution in [3.63, 3.8) is 0 Å². The summed E-state index contributed by atoms with van der Waals surface area (Å²) >= 11 is 1.15. The van der Waals surface area contributed by atoms with Gasteiger partial charge in [0, 0.05) is 18.5 Å². The zero-order valence-electron chi connectivity index (χ0n) is 12.0. The molecule has 2 heterocycles. The SMILES string of the molecule is CNS(=O)(=O)c1csc(C(=O)N2CCC(C)(CN)C2)c1.Cl. The lowest BCUT2D eigenvalue weighted by molar-refractivity contribution is 0.0781. The maximum absolute atomic E-state index is 12.4. The molecule has 1 saturated heterocycles. The molecule has 0 radical (unpaired) electrons. The molecule has 1 fully saturated rings. The third-order valence-electron chi connectivity index (χ3n) is 3.70. The average molecular weight is 354 g/mol. The van der Waals surface area contributed by atoms with Crippen LogP contribution in [0, 0.1) is 5.41 Å². The van der Waals surface area contributed by atoms with Crippen molar-refractivity contribution in [3.05, 3.63) is 16.3 Å². The fraction of sp³-hybridized carbons (Fsp3) is 0.583. The number of carbonyl (C=O) groups excluding carboxylic acids is 1. The molecular weight excluding hydrogens is 334 g/mol. The molecule has 2 rings (SSSR count). The van der Waals surface area contributed by atoms with Crippen LogP contribution in [-0.4, -0.2) is 45.9 Å². The Hall–Kier alpha value is -0.670. The van der Waals surface area contributed by atoms with Crippen molar-refractivity contribution in [2.24, 2.45) is 11.1 Å². The van der Waals surface area contributed by atoms with Gasteiger partial charge in [0.05, 0.1) is 9.77 Å². The molecule has 120 valence electrons. The molecule has 1 aliphatic rings. The van der Waals surface area contributed by atoms with Crippen LogP contribution < -0.4 is 10.5 Å². The van der Waals surface area contributed by atoms with E-state index in [2.05, 4.69) is 11.6 Å². The number of amides is 1. The molecule has 1 atom stereocenters. The molecule has 6 nitrogen and oxygen atoms in total. The third-order valence-corrected chi connectivity index (χ3v) is 6.16. The first-order chi connectivity index (χ1) is 9.31. The van der Waals surface area contributed by atoms with Crippen LogP contribution in [0.4, 0.5) is 0 Å². The van der Waals surface area contributed by atoms with Gasteiger partial charge in [-0.3, -0.25) is 4.79 Å². The van der Waals surface area contributed by atoms with Crippen LogP contribution in [0.3, 0.4) is 0 Å². The quantitative estimate of drug-likeness (QED) is 0.840. The minimum atomic E-state index is -3.49. The predicted octanol–water partition coefficient (Wildman–Crippen LogP) is 0.889. The van der Waals surface area contributed by atoms with Gasteiger partial charge < -0.3 is 10.6 Å². The number of nitrogens with two attached hydrogens (primary N) is 1. The molecule has 1 unspecified atom stereocenters. The fourth-order valence-corrected chi connectivity index (χ4v) is 4.18. The second-order valence-corrected chi connectivity index (χ2v) is 8.14. The Labute approximate surface area is 135 Å². The van der Waals surface area contributed by atoms with Crippen molar-refractivity contribution in [1.29, 1.82) is 0 Å². The molecule has 9 heteroatoms. The molecule has 21 heavy (non-hydrogen) atoms. The number of hydrogen-bond acceptors (Lipinski definition) is 5. The number of hydrogen-bond donors (Lipinski definition) is 2. The van der Waals surface area contributed by atoms with Gasteiger partial charge in [0.1, 0.15) is 0 Å². The molecule has 0 spiro atoms. The van der Waals surface area contributed by atoms with Gasteiger partial charge in [-0.05, 0) is 31.5 Å². The zero-order chi connectivity index (χ0) is 15.0. The van der Waals surface area contributed by atoms with Crippen molar-refractivity contribution in [1.82, 2.24) is 9.62 Å². The molecule has 1 amide bonds. The van der Waals surface area contributed by atoms with Gasteiger partial charge in [0.25, 0.3) is 5.91 Å². The molecule has 0 saturated carbocycles. The molecule has 3 N–H and O–H groups in total. The lowest BCUT2D eigenvalue weighted by Crippen LogP contribution is -2.34.